The SMILES string of the molecule is CC(C)C[C@H](NS(=O)(=O)c1ccccc1)C(=O)N[C@@H](CC(=O)O)C(=O)N[C@H](C(N)=O)[C@@H](C)O. The maximum atomic E-state index is 12.9. The minimum Gasteiger partial charge on any atom is -0.481 e. The van der Waals surface area contributed by atoms with E-state index in [4.69, 9.17) is 10.8 Å². The van der Waals surface area contributed by atoms with E-state index >= 15 is 0 Å². The molecule has 184 valence electrons. The van der Waals surface area contributed by atoms with Crippen molar-refractivity contribution in [1.29, 1.82) is 0 Å². The van der Waals surface area contributed by atoms with Gasteiger partial charge in [0.15, 0.2) is 0 Å². The van der Waals surface area contributed by atoms with Gasteiger partial charge in [-0.05, 0) is 31.4 Å². The molecule has 0 fully saturated rings. The van der Waals surface area contributed by atoms with Gasteiger partial charge in [-0.1, -0.05) is 32.0 Å². The first-order valence-corrected chi connectivity index (χ1v) is 11.6. The molecule has 4 atom stereocenters. The lowest BCUT2D eigenvalue weighted by Gasteiger charge is -2.25. The smallest absolute Gasteiger partial charge is 0.305 e. The quantitative estimate of drug-likeness (QED) is 0.197. The summed E-state index contributed by atoms with van der Waals surface area (Å²) >= 11 is 0. The molecule has 7 N–H and O–H groups in total. The average Bonchev–Trinajstić information content (AvgIpc) is 2.70. The molecule has 1 aromatic carbocycles. The zero-order valence-electron chi connectivity index (χ0n) is 18.5. The monoisotopic (exact) mass is 486 g/mol. The number of sulfonamides is 1. The Bertz CT molecular complexity index is 950. The van der Waals surface area contributed by atoms with E-state index in [0.29, 0.717) is 0 Å². The number of amides is 3. The van der Waals surface area contributed by atoms with E-state index in [-0.39, 0.29) is 17.2 Å². The predicted octanol–water partition coefficient (Wildman–Crippen LogP) is -1.31. The second-order valence-corrected chi connectivity index (χ2v) is 9.62. The Morgan fingerprint density at radius 2 is 1.52 bits per heavy atom. The summed E-state index contributed by atoms with van der Waals surface area (Å²) in [6, 6.07) is 2.83. The molecule has 1 rings (SSSR count). The lowest BCUT2D eigenvalue weighted by atomic mass is 10.0. The average molecular weight is 487 g/mol. The topological polar surface area (TPSA) is 205 Å². The number of benzene rings is 1. The molecule has 0 radical (unpaired) electrons. The molecule has 0 saturated heterocycles. The van der Waals surface area contributed by atoms with E-state index in [0.717, 1.165) is 0 Å². The summed E-state index contributed by atoms with van der Waals surface area (Å²) in [5.74, 6) is -4.65. The van der Waals surface area contributed by atoms with Crippen molar-refractivity contribution in [2.45, 2.75) is 62.7 Å². The molecule has 0 aliphatic rings. The van der Waals surface area contributed by atoms with Gasteiger partial charge in [0.05, 0.1) is 17.4 Å². The zero-order valence-corrected chi connectivity index (χ0v) is 19.3. The third kappa shape index (κ3) is 9.16. The number of aliphatic carboxylic acids is 1. The number of carboxylic acids is 1. The van der Waals surface area contributed by atoms with Crippen molar-refractivity contribution >= 4 is 33.7 Å². The number of nitrogens with two attached hydrogens (primary N) is 1. The largest absolute Gasteiger partial charge is 0.481 e. The number of aliphatic hydroxyl groups excluding tert-OH is 1. The van der Waals surface area contributed by atoms with Gasteiger partial charge < -0.3 is 26.6 Å². The Hall–Kier alpha value is -3.03. The summed E-state index contributed by atoms with van der Waals surface area (Å²) < 4.78 is 27.6. The minimum absolute atomic E-state index is 0.0525. The van der Waals surface area contributed by atoms with Crippen LogP contribution in [0.2, 0.25) is 0 Å². The van der Waals surface area contributed by atoms with Crippen molar-refractivity contribution in [2.24, 2.45) is 11.7 Å². The maximum Gasteiger partial charge on any atom is 0.305 e. The van der Waals surface area contributed by atoms with E-state index < -0.39 is 64.4 Å². The van der Waals surface area contributed by atoms with Crippen molar-refractivity contribution < 1.29 is 37.8 Å². The number of hydrogen-bond acceptors (Lipinski definition) is 7. The summed E-state index contributed by atoms with van der Waals surface area (Å²) in [7, 11) is -4.09. The van der Waals surface area contributed by atoms with E-state index in [1.165, 1.54) is 31.2 Å². The van der Waals surface area contributed by atoms with Crippen LogP contribution < -0.4 is 21.1 Å². The lowest BCUT2D eigenvalue weighted by molar-refractivity contribution is -0.141. The first-order valence-electron chi connectivity index (χ1n) is 10.1. The molecule has 0 heterocycles. The number of primary amides is 1. The van der Waals surface area contributed by atoms with Crippen molar-refractivity contribution in [1.82, 2.24) is 15.4 Å². The highest BCUT2D eigenvalue weighted by atomic mass is 32.2. The van der Waals surface area contributed by atoms with Crippen LogP contribution in [-0.4, -0.2) is 66.6 Å². The highest BCUT2D eigenvalue weighted by Gasteiger charge is 2.33. The number of carbonyl (C=O) groups excluding carboxylic acids is 3. The number of rotatable bonds is 13. The van der Waals surface area contributed by atoms with Crippen LogP contribution in [0.3, 0.4) is 0 Å². The van der Waals surface area contributed by atoms with Gasteiger partial charge in [0, 0.05) is 0 Å². The molecule has 0 saturated carbocycles. The Kier molecular flexibility index (Phi) is 10.4. The fraction of sp³-hybridized carbons (Fsp3) is 0.500. The van der Waals surface area contributed by atoms with Crippen LogP contribution in [0.4, 0.5) is 0 Å². The second kappa shape index (κ2) is 12.3. The van der Waals surface area contributed by atoms with Crippen molar-refractivity contribution in [3.63, 3.8) is 0 Å². The highest BCUT2D eigenvalue weighted by Crippen LogP contribution is 2.12. The zero-order chi connectivity index (χ0) is 25.3. The van der Waals surface area contributed by atoms with Gasteiger partial charge in [-0.15, -0.1) is 0 Å². The maximum absolute atomic E-state index is 12.9. The number of aliphatic hydroxyl groups is 1. The molecule has 33 heavy (non-hydrogen) atoms. The fourth-order valence-electron chi connectivity index (χ4n) is 2.87. The Balaban J connectivity index is 3.11. The van der Waals surface area contributed by atoms with Crippen LogP contribution in [0, 0.1) is 5.92 Å². The highest BCUT2D eigenvalue weighted by molar-refractivity contribution is 7.89. The standard InChI is InChI=1S/C20H30N4O8S/c1-11(2)9-15(24-33(31,32)13-7-5-4-6-8-13)20(30)22-14(10-16(26)27)19(29)23-17(12(3)25)18(21)28/h4-8,11-12,14-15,17,24-25H,9-10H2,1-3H3,(H2,21,28)(H,22,30)(H,23,29)(H,26,27)/t12-,14+,15+,17+/m1/s1. The summed E-state index contributed by atoms with van der Waals surface area (Å²) in [4.78, 5) is 48.0. The second-order valence-electron chi connectivity index (χ2n) is 7.90. The van der Waals surface area contributed by atoms with Gasteiger partial charge in [0.25, 0.3) is 0 Å². The van der Waals surface area contributed by atoms with Gasteiger partial charge in [0.1, 0.15) is 18.1 Å². The van der Waals surface area contributed by atoms with Crippen molar-refractivity contribution in [3.05, 3.63) is 30.3 Å². The van der Waals surface area contributed by atoms with Gasteiger partial charge in [-0.3, -0.25) is 19.2 Å². The number of nitrogens with one attached hydrogen (secondary N) is 3. The Morgan fingerprint density at radius 1 is 0.970 bits per heavy atom. The van der Waals surface area contributed by atoms with E-state index in [9.17, 15) is 32.7 Å². The lowest BCUT2D eigenvalue weighted by Crippen LogP contribution is -2.58. The molecule has 13 heteroatoms. The van der Waals surface area contributed by atoms with Gasteiger partial charge in [0.2, 0.25) is 27.7 Å². The van der Waals surface area contributed by atoms with Gasteiger partial charge in [-0.25, -0.2) is 8.42 Å². The number of carbonyl (C=O) groups is 4. The van der Waals surface area contributed by atoms with Crippen molar-refractivity contribution in [3.8, 4) is 0 Å². The first kappa shape index (κ1) is 28.0. The predicted molar refractivity (Wildman–Crippen MR) is 117 cm³/mol. The van der Waals surface area contributed by atoms with E-state index in [2.05, 4.69) is 15.4 Å². The van der Waals surface area contributed by atoms with Crippen LogP contribution in [-0.2, 0) is 29.2 Å². The van der Waals surface area contributed by atoms with Gasteiger partial charge in [-0.2, -0.15) is 4.72 Å². The summed E-state index contributed by atoms with van der Waals surface area (Å²) in [6.07, 6.45) is -2.18. The van der Waals surface area contributed by atoms with Gasteiger partial charge >= 0.3 is 5.97 Å². The Morgan fingerprint density at radius 3 is 1.97 bits per heavy atom. The molecule has 1 aromatic rings. The van der Waals surface area contributed by atoms with Crippen LogP contribution in [0.25, 0.3) is 0 Å². The summed E-state index contributed by atoms with van der Waals surface area (Å²) in [5, 5.41) is 23.1. The molecule has 0 spiro atoms. The van der Waals surface area contributed by atoms with Crippen LogP contribution in [0.1, 0.15) is 33.6 Å². The minimum atomic E-state index is -4.09. The first-order chi connectivity index (χ1) is 15.2. The van der Waals surface area contributed by atoms with E-state index in [1.807, 2.05) is 0 Å². The molecule has 0 aliphatic carbocycles. The van der Waals surface area contributed by atoms with Crippen LogP contribution in [0.5, 0.6) is 0 Å². The van der Waals surface area contributed by atoms with Crippen molar-refractivity contribution in [2.75, 3.05) is 0 Å². The third-order valence-corrected chi connectivity index (χ3v) is 5.96. The fourth-order valence-corrected chi connectivity index (χ4v) is 4.10. The molecule has 0 bridgehead atoms. The number of hydrogen-bond donors (Lipinski definition) is 6. The van der Waals surface area contributed by atoms with Crippen LogP contribution >= 0.6 is 0 Å². The third-order valence-electron chi connectivity index (χ3n) is 4.47. The Labute approximate surface area is 192 Å². The van der Waals surface area contributed by atoms with Crippen LogP contribution in [0.15, 0.2) is 35.2 Å². The molecule has 0 unspecified atom stereocenters. The molecule has 0 aliphatic heterocycles. The molecular formula is C20H30N4O8S. The summed E-state index contributed by atoms with van der Waals surface area (Å²) in [6.45, 7) is 4.69. The normalized spacial score (nSPS) is 15.2. The molecule has 3 amide bonds. The molecular weight excluding hydrogens is 456 g/mol. The number of carboxylic acid groups (broad SMARTS) is 1. The molecule has 12 nitrogen and oxygen atoms in total. The summed E-state index contributed by atoms with van der Waals surface area (Å²) in [5.41, 5.74) is 5.12. The molecule has 0 aromatic heterocycles. The van der Waals surface area contributed by atoms with E-state index in [1.54, 1.807) is 19.9 Å².